The topological polar surface area (TPSA) is 70.5 Å². The fourth-order valence-electron chi connectivity index (χ4n) is 5.46. The number of piperazine rings is 1. The van der Waals surface area contributed by atoms with Gasteiger partial charge in [0.2, 0.25) is 11.8 Å². The summed E-state index contributed by atoms with van der Waals surface area (Å²) in [6, 6.07) is 8.72. The SMILES string of the molecule is Cc1nn(C)c(C)c1CN(C(=O)C[C@@H]1C(=O)NCCN1C1Cc2ccccc2C1)C1CC1. The molecule has 1 aromatic carbocycles. The van der Waals surface area contributed by atoms with Crippen molar-refractivity contribution in [2.75, 3.05) is 13.1 Å². The molecule has 1 aromatic heterocycles. The maximum atomic E-state index is 13.5. The van der Waals surface area contributed by atoms with Crippen molar-refractivity contribution in [3.63, 3.8) is 0 Å². The van der Waals surface area contributed by atoms with Gasteiger partial charge >= 0.3 is 0 Å². The maximum Gasteiger partial charge on any atom is 0.237 e. The Morgan fingerprint density at radius 1 is 1.19 bits per heavy atom. The predicted molar refractivity (Wildman–Crippen MR) is 122 cm³/mol. The highest BCUT2D eigenvalue weighted by Gasteiger charge is 2.41. The average molecular weight is 436 g/mol. The first-order valence-electron chi connectivity index (χ1n) is 11.8. The lowest BCUT2D eigenvalue weighted by molar-refractivity contribution is -0.140. The molecule has 1 N–H and O–H groups in total. The van der Waals surface area contributed by atoms with Gasteiger partial charge in [-0.15, -0.1) is 0 Å². The van der Waals surface area contributed by atoms with Crippen LogP contribution in [0.1, 0.15) is 47.3 Å². The van der Waals surface area contributed by atoms with E-state index in [1.54, 1.807) is 0 Å². The van der Waals surface area contributed by atoms with E-state index in [4.69, 9.17) is 0 Å². The zero-order valence-corrected chi connectivity index (χ0v) is 19.3. The fraction of sp³-hybridized carbons (Fsp3) is 0.560. The molecule has 1 aliphatic heterocycles. The minimum Gasteiger partial charge on any atom is -0.353 e. The highest BCUT2D eigenvalue weighted by Crippen LogP contribution is 2.32. The van der Waals surface area contributed by atoms with E-state index in [1.165, 1.54) is 11.1 Å². The van der Waals surface area contributed by atoms with Crippen LogP contribution in [0.3, 0.4) is 0 Å². The van der Waals surface area contributed by atoms with Crippen molar-refractivity contribution in [2.45, 2.75) is 70.6 Å². The smallest absolute Gasteiger partial charge is 0.237 e. The van der Waals surface area contributed by atoms with Crippen LogP contribution < -0.4 is 5.32 Å². The van der Waals surface area contributed by atoms with Gasteiger partial charge in [0.05, 0.1) is 18.2 Å². The van der Waals surface area contributed by atoms with Crippen molar-refractivity contribution in [1.82, 2.24) is 24.9 Å². The van der Waals surface area contributed by atoms with Gasteiger partial charge in [0.25, 0.3) is 0 Å². The highest BCUT2D eigenvalue weighted by atomic mass is 16.2. The standard InChI is InChI=1S/C25H33N5O2/c1-16-22(17(2)28(3)27-16)15-30(20-8-9-20)24(31)14-23-25(32)26-10-11-29(23)21-12-18-6-4-5-7-19(18)13-21/h4-7,20-21,23H,8-15H2,1-3H3,(H,26,32)/t23-/m1/s1. The van der Waals surface area contributed by atoms with E-state index in [9.17, 15) is 9.59 Å². The van der Waals surface area contributed by atoms with Crippen molar-refractivity contribution in [3.8, 4) is 0 Å². The van der Waals surface area contributed by atoms with Crippen LogP contribution in [0, 0.1) is 13.8 Å². The summed E-state index contributed by atoms with van der Waals surface area (Å²) in [6.45, 7) is 6.09. The Morgan fingerprint density at radius 2 is 1.88 bits per heavy atom. The Morgan fingerprint density at radius 3 is 2.47 bits per heavy atom. The van der Waals surface area contributed by atoms with Gasteiger partial charge in [-0.1, -0.05) is 24.3 Å². The van der Waals surface area contributed by atoms with Crippen LogP contribution in [-0.2, 0) is 36.0 Å². The normalized spacial score (nSPS) is 21.5. The number of hydrogen-bond donors (Lipinski definition) is 1. The van der Waals surface area contributed by atoms with E-state index in [0.717, 1.165) is 49.2 Å². The number of hydrogen-bond acceptors (Lipinski definition) is 4. The zero-order valence-electron chi connectivity index (χ0n) is 19.3. The molecule has 1 saturated heterocycles. The van der Waals surface area contributed by atoms with Crippen LogP contribution in [0.15, 0.2) is 24.3 Å². The number of fused-ring (bicyclic) bond motifs is 1. The van der Waals surface area contributed by atoms with Gasteiger partial charge in [-0.05, 0) is 50.7 Å². The van der Waals surface area contributed by atoms with Crippen LogP contribution in [-0.4, -0.2) is 62.6 Å². The van der Waals surface area contributed by atoms with Crippen LogP contribution >= 0.6 is 0 Å². The Kier molecular flexibility index (Phi) is 5.53. The molecule has 1 atom stereocenters. The maximum absolute atomic E-state index is 13.5. The summed E-state index contributed by atoms with van der Waals surface area (Å²) in [5.41, 5.74) is 5.95. The number of benzene rings is 1. The second-order valence-electron chi connectivity index (χ2n) is 9.61. The number of aryl methyl sites for hydroxylation is 2. The number of carbonyl (C=O) groups is 2. The van der Waals surface area contributed by atoms with Crippen LogP contribution in [0.5, 0.6) is 0 Å². The number of rotatable bonds is 6. The van der Waals surface area contributed by atoms with E-state index in [0.29, 0.717) is 13.1 Å². The number of nitrogens with zero attached hydrogens (tertiary/aromatic N) is 4. The third kappa shape index (κ3) is 3.94. The van der Waals surface area contributed by atoms with Gasteiger partial charge in [0, 0.05) is 50.0 Å². The van der Waals surface area contributed by atoms with E-state index < -0.39 is 6.04 Å². The Bertz CT molecular complexity index is 1020. The molecule has 32 heavy (non-hydrogen) atoms. The van der Waals surface area contributed by atoms with Gasteiger partial charge < -0.3 is 10.2 Å². The van der Waals surface area contributed by atoms with E-state index in [1.807, 2.05) is 23.6 Å². The molecule has 2 aliphatic carbocycles. The van der Waals surface area contributed by atoms with Crippen molar-refractivity contribution < 1.29 is 9.59 Å². The molecule has 170 valence electrons. The van der Waals surface area contributed by atoms with E-state index in [-0.39, 0.29) is 30.3 Å². The Balaban J connectivity index is 1.33. The Labute approximate surface area is 189 Å². The third-order valence-corrected chi connectivity index (χ3v) is 7.53. The first-order chi connectivity index (χ1) is 15.4. The second kappa shape index (κ2) is 8.35. The highest BCUT2D eigenvalue weighted by molar-refractivity contribution is 5.89. The first-order valence-corrected chi connectivity index (χ1v) is 11.8. The molecular formula is C25H33N5O2. The van der Waals surface area contributed by atoms with Crippen molar-refractivity contribution in [3.05, 3.63) is 52.3 Å². The molecule has 5 rings (SSSR count). The van der Waals surface area contributed by atoms with Gasteiger partial charge in [-0.2, -0.15) is 5.10 Å². The predicted octanol–water partition coefficient (Wildman–Crippen LogP) is 1.89. The summed E-state index contributed by atoms with van der Waals surface area (Å²) in [5, 5.41) is 7.52. The molecule has 2 amide bonds. The molecule has 2 aromatic rings. The molecule has 0 radical (unpaired) electrons. The number of nitrogens with one attached hydrogen (secondary N) is 1. The van der Waals surface area contributed by atoms with Gasteiger partial charge in [0.15, 0.2) is 0 Å². The third-order valence-electron chi connectivity index (χ3n) is 7.53. The monoisotopic (exact) mass is 435 g/mol. The summed E-state index contributed by atoms with van der Waals surface area (Å²) in [6.07, 6.45) is 4.24. The number of carbonyl (C=O) groups excluding carboxylic acids is 2. The minimum atomic E-state index is -0.395. The largest absolute Gasteiger partial charge is 0.353 e. The molecule has 7 heteroatoms. The number of amides is 2. The molecule has 2 heterocycles. The lowest BCUT2D eigenvalue weighted by Gasteiger charge is -2.39. The fourth-order valence-corrected chi connectivity index (χ4v) is 5.46. The molecular weight excluding hydrogens is 402 g/mol. The van der Waals surface area contributed by atoms with Crippen molar-refractivity contribution in [2.24, 2.45) is 7.05 Å². The zero-order chi connectivity index (χ0) is 22.4. The molecule has 1 saturated carbocycles. The van der Waals surface area contributed by atoms with Crippen molar-refractivity contribution >= 4 is 11.8 Å². The summed E-state index contributed by atoms with van der Waals surface area (Å²) < 4.78 is 1.88. The molecule has 0 bridgehead atoms. The average Bonchev–Trinajstić information content (AvgIpc) is 3.46. The lowest BCUT2D eigenvalue weighted by atomic mass is 10.0. The minimum absolute atomic E-state index is 0.00922. The van der Waals surface area contributed by atoms with Crippen LogP contribution in [0.2, 0.25) is 0 Å². The molecule has 7 nitrogen and oxygen atoms in total. The number of aromatic nitrogens is 2. The van der Waals surface area contributed by atoms with Crippen molar-refractivity contribution in [1.29, 1.82) is 0 Å². The quantitative estimate of drug-likeness (QED) is 0.752. The Hall–Kier alpha value is -2.67. The molecule has 3 aliphatic rings. The lowest BCUT2D eigenvalue weighted by Crippen LogP contribution is -2.60. The van der Waals surface area contributed by atoms with Gasteiger partial charge in [0.1, 0.15) is 0 Å². The van der Waals surface area contributed by atoms with Gasteiger partial charge in [-0.25, -0.2) is 0 Å². The summed E-state index contributed by atoms with van der Waals surface area (Å²) in [5.74, 6) is 0.0720. The van der Waals surface area contributed by atoms with Crippen LogP contribution in [0.25, 0.3) is 0 Å². The molecule has 0 spiro atoms. The summed E-state index contributed by atoms with van der Waals surface area (Å²) in [4.78, 5) is 30.7. The van der Waals surface area contributed by atoms with Gasteiger partial charge in [-0.3, -0.25) is 19.2 Å². The summed E-state index contributed by atoms with van der Waals surface area (Å²) in [7, 11) is 1.94. The summed E-state index contributed by atoms with van der Waals surface area (Å²) >= 11 is 0. The van der Waals surface area contributed by atoms with Crippen LogP contribution in [0.4, 0.5) is 0 Å². The second-order valence-corrected chi connectivity index (χ2v) is 9.61. The van der Waals surface area contributed by atoms with E-state index >= 15 is 0 Å². The van der Waals surface area contributed by atoms with E-state index in [2.05, 4.69) is 46.5 Å². The molecule has 0 unspecified atom stereocenters. The molecule has 2 fully saturated rings. The first kappa shape index (κ1) is 21.2.